The van der Waals surface area contributed by atoms with Gasteiger partial charge < -0.3 is 4.74 Å². The van der Waals surface area contributed by atoms with Gasteiger partial charge in [0.15, 0.2) is 0 Å². The van der Waals surface area contributed by atoms with E-state index in [0.717, 1.165) is 17.0 Å². The molecule has 0 radical (unpaired) electrons. The second-order valence-corrected chi connectivity index (χ2v) is 9.70. The van der Waals surface area contributed by atoms with Gasteiger partial charge in [-0.2, -0.15) is 9.30 Å². The Morgan fingerprint density at radius 2 is 1.97 bits per heavy atom. The summed E-state index contributed by atoms with van der Waals surface area (Å²) in [5, 5.41) is 1.23. The van der Waals surface area contributed by atoms with Crippen LogP contribution >= 0.6 is 11.8 Å². The zero-order chi connectivity index (χ0) is 20.8. The van der Waals surface area contributed by atoms with E-state index in [1.54, 1.807) is 11.5 Å². The van der Waals surface area contributed by atoms with Crippen molar-refractivity contribution in [1.29, 1.82) is 0 Å². The number of benzene rings is 1. The first-order chi connectivity index (χ1) is 13.8. The molecular weight excluding hydrogens is 421 g/mol. The van der Waals surface area contributed by atoms with Gasteiger partial charge in [0.25, 0.3) is 5.91 Å². The number of thioether (sulfide) groups is 1. The van der Waals surface area contributed by atoms with Crippen molar-refractivity contribution < 1.29 is 27.1 Å². The summed E-state index contributed by atoms with van der Waals surface area (Å²) < 4.78 is 45.9. The maximum Gasteiger partial charge on any atom is 0.350 e. The molecule has 154 valence electrons. The van der Waals surface area contributed by atoms with Crippen LogP contribution in [0.2, 0.25) is 0 Å². The van der Waals surface area contributed by atoms with Crippen LogP contribution in [-0.2, 0) is 14.8 Å². The standard InChI is InChI=1S/C18H18FN3O5S2/c1-27-14-3-2-11(19)10-15(14)29(25,26)21-7-4-12(5-8-21)22-17(23)16-13(6-9-28-16)20-18(22)24/h2-3,6,9-10,12,16H,4-5,7-8H2,1H3. The number of allylic oxidation sites excluding steroid dienone is 1. The first-order valence-electron chi connectivity index (χ1n) is 8.94. The minimum atomic E-state index is -3.98. The number of imide groups is 1. The van der Waals surface area contributed by atoms with Gasteiger partial charge >= 0.3 is 6.03 Å². The predicted octanol–water partition coefficient (Wildman–Crippen LogP) is 2.02. The van der Waals surface area contributed by atoms with Crippen molar-refractivity contribution in [1.82, 2.24) is 9.21 Å². The zero-order valence-electron chi connectivity index (χ0n) is 15.4. The number of methoxy groups -OCH3 is 1. The molecule has 1 aromatic carbocycles. The molecule has 0 spiro atoms. The van der Waals surface area contributed by atoms with E-state index in [9.17, 15) is 22.4 Å². The van der Waals surface area contributed by atoms with Gasteiger partial charge in [0.1, 0.15) is 21.7 Å². The first kappa shape index (κ1) is 20.0. The molecule has 1 fully saturated rings. The van der Waals surface area contributed by atoms with Crippen molar-refractivity contribution in [3.63, 3.8) is 0 Å². The van der Waals surface area contributed by atoms with E-state index in [-0.39, 0.29) is 42.5 Å². The quantitative estimate of drug-likeness (QED) is 0.712. The van der Waals surface area contributed by atoms with Crippen LogP contribution in [0.3, 0.4) is 0 Å². The van der Waals surface area contributed by atoms with E-state index in [4.69, 9.17) is 4.74 Å². The molecule has 1 unspecified atom stereocenters. The van der Waals surface area contributed by atoms with Crippen molar-refractivity contribution in [2.24, 2.45) is 4.99 Å². The molecule has 0 N–H and O–H groups in total. The van der Waals surface area contributed by atoms with Crippen LogP contribution in [0.25, 0.3) is 0 Å². The van der Waals surface area contributed by atoms with Crippen molar-refractivity contribution >= 4 is 39.4 Å². The lowest BCUT2D eigenvalue weighted by atomic mass is 10.0. The maximum atomic E-state index is 13.6. The molecule has 8 nitrogen and oxygen atoms in total. The largest absolute Gasteiger partial charge is 0.495 e. The average Bonchev–Trinajstić information content (AvgIpc) is 3.17. The number of rotatable bonds is 4. The van der Waals surface area contributed by atoms with Crippen LogP contribution in [0.5, 0.6) is 5.75 Å². The van der Waals surface area contributed by atoms with Gasteiger partial charge in [-0.25, -0.2) is 17.6 Å². The van der Waals surface area contributed by atoms with Gasteiger partial charge in [0, 0.05) is 19.1 Å². The number of aliphatic imine (C=N–C) groups is 1. The van der Waals surface area contributed by atoms with Crippen molar-refractivity contribution in [2.45, 2.75) is 29.0 Å². The number of carbonyl (C=O) groups is 2. The molecule has 0 aromatic heterocycles. The highest BCUT2D eigenvalue weighted by molar-refractivity contribution is 8.04. The third kappa shape index (κ3) is 3.47. The fraction of sp³-hybridized carbons (Fsp3) is 0.389. The van der Waals surface area contributed by atoms with Gasteiger partial charge in [-0.15, -0.1) is 11.8 Å². The maximum absolute atomic E-state index is 13.6. The number of carbonyl (C=O) groups excluding carboxylic acids is 2. The summed E-state index contributed by atoms with van der Waals surface area (Å²) in [4.78, 5) is 30.0. The minimum absolute atomic E-state index is 0.0579. The molecule has 1 atom stereocenters. The van der Waals surface area contributed by atoms with Gasteiger partial charge in [0.2, 0.25) is 10.0 Å². The van der Waals surface area contributed by atoms with E-state index >= 15 is 0 Å². The second kappa shape index (κ2) is 7.54. The van der Waals surface area contributed by atoms with E-state index in [1.165, 1.54) is 29.2 Å². The normalized spacial score (nSPS) is 23.3. The molecule has 0 bridgehead atoms. The molecule has 3 aliphatic heterocycles. The number of piperidine rings is 1. The lowest BCUT2D eigenvalue weighted by molar-refractivity contribution is -0.129. The molecular formula is C18H18FN3O5S2. The highest BCUT2D eigenvalue weighted by Crippen LogP contribution is 2.33. The van der Waals surface area contributed by atoms with Crippen LogP contribution in [-0.4, -0.2) is 66.8 Å². The summed E-state index contributed by atoms with van der Waals surface area (Å²) in [6, 6.07) is 2.29. The van der Waals surface area contributed by atoms with E-state index in [1.807, 2.05) is 0 Å². The average molecular weight is 439 g/mol. The van der Waals surface area contributed by atoms with Gasteiger partial charge in [-0.1, -0.05) is 0 Å². The summed E-state index contributed by atoms with van der Waals surface area (Å²) >= 11 is 1.30. The van der Waals surface area contributed by atoms with E-state index < -0.39 is 33.2 Å². The Labute approximate surface area is 171 Å². The highest BCUT2D eigenvalue weighted by atomic mass is 32.2. The number of halogens is 1. The Kier molecular flexibility index (Phi) is 5.21. The van der Waals surface area contributed by atoms with Crippen LogP contribution in [0.4, 0.5) is 9.18 Å². The number of hydrogen-bond acceptors (Lipinski definition) is 6. The lowest BCUT2D eigenvalue weighted by Crippen LogP contribution is -2.55. The smallest absolute Gasteiger partial charge is 0.350 e. The number of nitrogens with zero attached hydrogens (tertiary/aromatic N) is 3. The SMILES string of the molecule is COc1ccc(F)cc1S(=O)(=O)N1CCC(N2C(=O)N=C3C=CSC3C2=O)CC1. The first-order valence-corrected chi connectivity index (χ1v) is 11.3. The summed E-state index contributed by atoms with van der Waals surface area (Å²) in [7, 11) is -2.67. The molecule has 3 aliphatic rings. The molecule has 11 heteroatoms. The number of urea groups is 1. The summed E-state index contributed by atoms with van der Waals surface area (Å²) in [5.74, 6) is -0.939. The van der Waals surface area contributed by atoms with Crippen molar-refractivity contribution in [3.05, 3.63) is 35.5 Å². The van der Waals surface area contributed by atoms with Crippen LogP contribution in [0, 0.1) is 5.82 Å². The Bertz CT molecular complexity index is 1030. The van der Waals surface area contributed by atoms with Crippen LogP contribution in [0.1, 0.15) is 12.8 Å². The van der Waals surface area contributed by atoms with Crippen LogP contribution in [0.15, 0.2) is 39.6 Å². The van der Waals surface area contributed by atoms with Crippen molar-refractivity contribution in [3.8, 4) is 5.75 Å². The zero-order valence-corrected chi connectivity index (χ0v) is 17.1. The summed E-state index contributed by atoms with van der Waals surface area (Å²) in [6.07, 6.45) is 2.22. The fourth-order valence-corrected chi connectivity index (χ4v) is 6.19. The Morgan fingerprint density at radius 3 is 2.66 bits per heavy atom. The van der Waals surface area contributed by atoms with Gasteiger partial charge in [-0.05, 0) is 42.5 Å². The van der Waals surface area contributed by atoms with E-state index in [2.05, 4.69) is 4.99 Å². The number of sulfonamides is 1. The lowest BCUT2D eigenvalue weighted by Gasteiger charge is -2.38. The highest BCUT2D eigenvalue weighted by Gasteiger charge is 2.43. The molecule has 0 aliphatic carbocycles. The molecule has 29 heavy (non-hydrogen) atoms. The number of hydrogen-bond donors (Lipinski definition) is 0. The monoisotopic (exact) mass is 439 g/mol. The third-order valence-corrected chi connectivity index (χ3v) is 8.08. The minimum Gasteiger partial charge on any atom is -0.495 e. The molecule has 1 aromatic rings. The van der Waals surface area contributed by atoms with Crippen molar-refractivity contribution in [2.75, 3.05) is 20.2 Å². The number of ether oxygens (including phenoxy) is 1. The van der Waals surface area contributed by atoms with Crippen LogP contribution < -0.4 is 4.74 Å². The van der Waals surface area contributed by atoms with Gasteiger partial charge in [0.05, 0.1) is 12.8 Å². The summed E-state index contributed by atoms with van der Waals surface area (Å²) in [6.45, 7) is 0.187. The Hall–Kier alpha value is -2.24. The summed E-state index contributed by atoms with van der Waals surface area (Å²) in [5.41, 5.74) is 0.458. The Balaban J connectivity index is 1.51. The molecule has 1 saturated heterocycles. The number of fused-ring (bicyclic) bond motifs is 1. The topological polar surface area (TPSA) is 96.4 Å². The molecule has 4 rings (SSSR count). The predicted molar refractivity (Wildman–Crippen MR) is 105 cm³/mol. The van der Waals surface area contributed by atoms with Gasteiger partial charge in [-0.3, -0.25) is 9.69 Å². The fourth-order valence-electron chi connectivity index (χ4n) is 3.68. The van der Waals surface area contributed by atoms with E-state index in [0.29, 0.717) is 5.71 Å². The molecule has 0 saturated carbocycles. The Morgan fingerprint density at radius 1 is 1.24 bits per heavy atom. The third-order valence-electron chi connectivity index (χ3n) is 5.15. The number of amides is 3. The molecule has 3 amide bonds. The second-order valence-electron chi connectivity index (χ2n) is 6.78. The molecule has 3 heterocycles.